The van der Waals surface area contributed by atoms with Crippen molar-refractivity contribution in [3.63, 3.8) is 0 Å². The molecular formula is C26H28F3N5O3. The number of rotatable bonds is 10. The summed E-state index contributed by atoms with van der Waals surface area (Å²) in [6.45, 7) is 3.21. The number of hydrogen-bond donors (Lipinski definition) is 2. The Hall–Kier alpha value is -3.86. The highest BCUT2D eigenvalue weighted by molar-refractivity contribution is 5.84. The van der Waals surface area contributed by atoms with Gasteiger partial charge >= 0.3 is 6.09 Å². The first-order chi connectivity index (χ1) is 17.9. The quantitative estimate of drug-likeness (QED) is 0.341. The van der Waals surface area contributed by atoms with E-state index in [2.05, 4.69) is 20.2 Å². The predicted octanol–water partition coefficient (Wildman–Crippen LogP) is 5.58. The van der Waals surface area contributed by atoms with Crippen LogP contribution in [0.3, 0.4) is 0 Å². The van der Waals surface area contributed by atoms with Crippen LogP contribution in [0.15, 0.2) is 48.7 Å². The number of aromatic nitrogens is 2. The van der Waals surface area contributed by atoms with Gasteiger partial charge in [0.05, 0.1) is 13.2 Å². The van der Waals surface area contributed by atoms with E-state index in [1.807, 2.05) is 0 Å². The van der Waals surface area contributed by atoms with Crippen LogP contribution < -0.4 is 15.0 Å². The molecule has 0 atom stereocenters. The molecule has 1 fully saturated rings. The van der Waals surface area contributed by atoms with Gasteiger partial charge < -0.3 is 20.1 Å². The van der Waals surface area contributed by atoms with Crippen LogP contribution in [0.2, 0.25) is 0 Å². The van der Waals surface area contributed by atoms with Crippen molar-refractivity contribution in [2.24, 2.45) is 0 Å². The molecule has 0 unspecified atom stereocenters. The number of hydrogen-bond acceptors (Lipinski definition) is 6. The third kappa shape index (κ3) is 7.56. The zero-order valence-electron chi connectivity index (χ0n) is 20.2. The molecule has 3 aromatic rings. The van der Waals surface area contributed by atoms with E-state index in [4.69, 9.17) is 4.74 Å². The molecular weight excluding hydrogens is 487 g/mol. The van der Waals surface area contributed by atoms with Gasteiger partial charge in [0, 0.05) is 30.6 Å². The van der Waals surface area contributed by atoms with Crippen LogP contribution in [0.25, 0.3) is 0 Å². The van der Waals surface area contributed by atoms with Crippen LogP contribution in [0, 0.1) is 17.5 Å². The van der Waals surface area contributed by atoms with Crippen LogP contribution in [-0.4, -0.2) is 52.3 Å². The van der Waals surface area contributed by atoms with Gasteiger partial charge in [-0.1, -0.05) is 6.42 Å². The van der Waals surface area contributed by atoms with Gasteiger partial charge in [-0.15, -0.1) is 0 Å². The number of anilines is 3. The number of amides is 1. The highest BCUT2D eigenvalue weighted by Crippen LogP contribution is 2.24. The predicted molar refractivity (Wildman–Crippen MR) is 133 cm³/mol. The van der Waals surface area contributed by atoms with Crippen molar-refractivity contribution in [1.82, 2.24) is 14.9 Å². The fourth-order valence-electron chi connectivity index (χ4n) is 4.17. The summed E-state index contributed by atoms with van der Waals surface area (Å²) in [5, 5.41) is 12.5. The van der Waals surface area contributed by atoms with Gasteiger partial charge in [-0.05, 0) is 68.2 Å². The molecule has 1 aliphatic heterocycles. The number of carbonyl (C=O) groups is 1. The number of ether oxygens (including phenoxy) is 1. The summed E-state index contributed by atoms with van der Waals surface area (Å²) in [6.07, 6.45) is 4.48. The fourth-order valence-corrected chi connectivity index (χ4v) is 4.17. The van der Waals surface area contributed by atoms with Crippen molar-refractivity contribution in [3.8, 4) is 5.75 Å². The van der Waals surface area contributed by atoms with E-state index in [1.165, 1.54) is 43.7 Å². The lowest BCUT2D eigenvalue weighted by Gasteiger charge is -2.26. The fraction of sp³-hybridized carbons (Fsp3) is 0.346. The first kappa shape index (κ1) is 26.2. The normalized spacial score (nSPS) is 13.8. The summed E-state index contributed by atoms with van der Waals surface area (Å²) in [5.41, 5.74) is 0.450. The van der Waals surface area contributed by atoms with Gasteiger partial charge in [0.25, 0.3) is 0 Å². The second-order valence-corrected chi connectivity index (χ2v) is 8.76. The molecule has 2 aromatic carbocycles. The van der Waals surface area contributed by atoms with Crippen molar-refractivity contribution in [3.05, 3.63) is 71.7 Å². The Morgan fingerprint density at radius 2 is 1.81 bits per heavy atom. The molecule has 1 amide bonds. The van der Waals surface area contributed by atoms with Crippen molar-refractivity contribution in [2.75, 3.05) is 36.5 Å². The summed E-state index contributed by atoms with van der Waals surface area (Å²) >= 11 is 0. The number of halogens is 3. The lowest BCUT2D eigenvalue weighted by atomic mass is 10.1. The van der Waals surface area contributed by atoms with Gasteiger partial charge in [-0.2, -0.15) is 4.98 Å². The number of nitrogens with zero attached hydrogens (tertiary/aromatic N) is 4. The molecule has 1 saturated heterocycles. The lowest BCUT2D eigenvalue weighted by Crippen LogP contribution is -2.31. The molecule has 0 radical (unpaired) electrons. The Balaban J connectivity index is 1.37. The van der Waals surface area contributed by atoms with E-state index >= 15 is 0 Å². The molecule has 4 rings (SSSR count). The number of likely N-dealkylation sites (tertiary alicyclic amines) is 1. The maximum absolute atomic E-state index is 14.6. The zero-order valence-corrected chi connectivity index (χ0v) is 20.2. The van der Waals surface area contributed by atoms with Gasteiger partial charge in [-0.3, -0.25) is 4.90 Å². The number of piperidine rings is 1. The molecule has 0 bridgehead atoms. The Morgan fingerprint density at radius 1 is 1.05 bits per heavy atom. The van der Waals surface area contributed by atoms with Crippen molar-refractivity contribution in [2.45, 2.75) is 32.2 Å². The van der Waals surface area contributed by atoms with Crippen molar-refractivity contribution in [1.29, 1.82) is 0 Å². The molecule has 1 aliphatic rings. The van der Waals surface area contributed by atoms with E-state index in [-0.39, 0.29) is 29.6 Å². The third-order valence-electron chi connectivity index (χ3n) is 5.92. The molecule has 11 heteroatoms. The SMILES string of the molecule is O=C(O)N(Cc1cc(F)cc(F)c1)c1ccnc(Nc2ccc(OCCCN3CCCCC3)c(F)c2)n1. The monoisotopic (exact) mass is 515 g/mol. The van der Waals surface area contributed by atoms with E-state index < -0.39 is 23.5 Å². The first-order valence-corrected chi connectivity index (χ1v) is 12.1. The average molecular weight is 516 g/mol. The zero-order chi connectivity index (χ0) is 26.2. The first-order valence-electron chi connectivity index (χ1n) is 12.1. The minimum Gasteiger partial charge on any atom is -0.490 e. The van der Waals surface area contributed by atoms with Gasteiger partial charge in [0.2, 0.25) is 5.95 Å². The third-order valence-corrected chi connectivity index (χ3v) is 5.92. The van der Waals surface area contributed by atoms with Crippen LogP contribution in [0.5, 0.6) is 5.75 Å². The second-order valence-electron chi connectivity index (χ2n) is 8.76. The number of benzene rings is 2. The Morgan fingerprint density at radius 3 is 2.51 bits per heavy atom. The molecule has 1 aromatic heterocycles. The van der Waals surface area contributed by atoms with Crippen LogP contribution in [-0.2, 0) is 6.54 Å². The molecule has 0 saturated carbocycles. The summed E-state index contributed by atoms with van der Waals surface area (Å²) in [7, 11) is 0. The van der Waals surface area contributed by atoms with Gasteiger partial charge in [-0.25, -0.2) is 22.9 Å². The molecule has 37 heavy (non-hydrogen) atoms. The highest BCUT2D eigenvalue weighted by Gasteiger charge is 2.18. The summed E-state index contributed by atoms with van der Waals surface area (Å²) < 4.78 is 47.3. The smallest absolute Gasteiger partial charge is 0.413 e. The lowest BCUT2D eigenvalue weighted by molar-refractivity contribution is 0.201. The molecule has 2 N–H and O–H groups in total. The maximum Gasteiger partial charge on any atom is 0.413 e. The highest BCUT2D eigenvalue weighted by atomic mass is 19.1. The Kier molecular flexibility index (Phi) is 8.78. The van der Waals surface area contributed by atoms with Crippen LogP contribution in [0.1, 0.15) is 31.2 Å². The summed E-state index contributed by atoms with van der Waals surface area (Å²) in [5.74, 6) is -2.06. The second kappa shape index (κ2) is 12.4. The standard InChI is InChI=1S/C26H28F3N5O3/c27-19-13-18(14-20(28)15-19)17-34(26(35)36)24-7-8-30-25(32-24)31-21-5-6-23(22(29)16-21)37-12-4-11-33-9-2-1-3-10-33/h5-8,13-16H,1-4,9-12,17H2,(H,35,36)(H,30,31,32). The Bertz CT molecular complexity index is 1200. The Labute approximate surface area is 212 Å². The number of nitrogens with one attached hydrogen (secondary N) is 1. The van der Waals surface area contributed by atoms with Crippen molar-refractivity contribution < 1.29 is 27.8 Å². The summed E-state index contributed by atoms with van der Waals surface area (Å²) in [4.78, 5) is 23.2. The largest absolute Gasteiger partial charge is 0.490 e. The van der Waals surface area contributed by atoms with Crippen LogP contribution >= 0.6 is 0 Å². The minimum absolute atomic E-state index is 0.0174. The molecule has 2 heterocycles. The summed E-state index contributed by atoms with van der Waals surface area (Å²) in [6, 6.07) is 8.47. The van der Waals surface area contributed by atoms with E-state index in [1.54, 1.807) is 6.07 Å². The molecule has 8 nitrogen and oxygen atoms in total. The molecule has 0 spiro atoms. The maximum atomic E-state index is 14.6. The average Bonchev–Trinajstić information content (AvgIpc) is 2.86. The topological polar surface area (TPSA) is 90.8 Å². The van der Waals surface area contributed by atoms with E-state index in [0.717, 1.165) is 43.1 Å². The van der Waals surface area contributed by atoms with E-state index in [0.29, 0.717) is 18.4 Å². The van der Waals surface area contributed by atoms with Crippen molar-refractivity contribution >= 4 is 23.5 Å². The van der Waals surface area contributed by atoms with Crippen LogP contribution in [0.4, 0.5) is 35.4 Å². The van der Waals surface area contributed by atoms with E-state index in [9.17, 15) is 23.1 Å². The number of carboxylic acid groups (broad SMARTS) is 1. The minimum atomic E-state index is -1.37. The van der Waals surface area contributed by atoms with Gasteiger partial charge in [0.15, 0.2) is 11.6 Å². The molecule has 196 valence electrons. The molecule has 0 aliphatic carbocycles. The van der Waals surface area contributed by atoms with Gasteiger partial charge in [0.1, 0.15) is 17.5 Å².